The summed E-state index contributed by atoms with van der Waals surface area (Å²) in [6.07, 6.45) is 0. The first-order valence-electron chi connectivity index (χ1n) is 6.01. The lowest BCUT2D eigenvalue weighted by Crippen LogP contribution is -2.61. The molecule has 1 unspecified atom stereocenters. The zero-order valence-corrected chi connectivity index (χ0v) is 10.2. The average molecular weight is 231 g/mol. The number of benzene rings is 1. The van der Waals surface area contributed by atoms with Crippen LogP contribution in [0.5, 0.6) is 0 Å². The van der Waals surface area contributed by atoms with Crippen LogP contribution < -0.4 is 15.1 Å². The standard InChI is InChI=1S/C13H17N3O/c1-9-3-4-11-12(5-9)15(2)8-10-6-14-7-13(17)16(10)11/h3-5,10,14H,6-8H2,1-2H3. The molecule has 0 aromatic heterocycles. The maximum Gasteiger partial charge on any atom is 0.241 e. The van der Waals surface area contributed by atoms with Gasteiger partial charge in [0.15, 0.2) is 0 Å². The van der Waals surface area contributed by atoms with Gasteiger partial charge in [-0.2, -0.15) is 0 Å². The van der Waals surface area contributed by atoms with Crippen molar-refractivity contribution >= 4 is 17.3 Å². The van der Waals surface area contributed by atoms with Crippen LogP contribution in [-0.4, -0.2) is 38.6 Å². The van der Waals surface area contributed by atoms with E-state index in [2.05, 4.69) is 42.4 Å². The van der Waals surface area contributed by atoms with Crippen LogP contribution in [0.1, 0.15) is 5.56 Å². The van der Waals surface area contributed by atoms with E-state index < -0.39 is 0 Å². The van der Waals surface area contributed by atoms with Crippen molar-refractivity contribution in [2.75, 3.05) is 36.5 Å². The van der Waals surface area contributed by atoms with Crippen LogP contribution in [0, 0.1) is 6.92 Å². The Hall–Kier alpha value is -1.55. The van der Waals surface area contributed by atoms with Crippen LogP contribution in [0.4, 0.5) is 11.4 Å². The molecule has 17 heavy (non-hydrogen) atoms. The minimum atomic E-state index is 0.180. The lowest BCUT2D eigenvalue weighted by Gasteiger charge is -2.44. The lowest BCUT2D eigenvalue weighted by molar-refractivity contribution is -0.119. The number of nitrogens with one attached hydrogen (secondary N) is 1. The van der Waals surface area contributed by atoms with Gasteiger partial charge in [-0.15, -0.1) is 0 Å². The highest BCUT2D eigenvalue weighted by molar-refractivity contribution is 6.00. The maximum atomic E-state index is 12.0. The van der Waals surface area contributed by atoms with Gasteiger partial charge in [0.2, 0.25) is 5.91 Å². The molecule has 1 aromatic rings. The average Bonchev–Trinajstić information content (AvgIpc) is 2.30. The number of carbonyl (C=O) groups excluding carboxylic acids is 1. The fourth-order valence-electron chi connectivity index (χ4n) is 2.76. The lowest BCUT2D eigenvalue weighted by atomic mass is 10.0. The number of carbonyl (C=O) groups is 1. The molecule has 2 aliphatic rings. The molecule has 0 saturated carbocycles. The first-order chi connectivity index (χ1) is 8.16. The first kappa shape index (κ1) is 10.6. The van der Waals surface area contributed by atoms with E-state index in [0.717, 1.165) is 24.5 Å². The second-order valence-electron chi connectivity index (χ2n) is 4.92. The molecule has 1 atom stereocenters. The molecule has 90 valence electrons. The van der Waals surface area contributed by atoms with Crippen molar-refractivity contribution in [1.82, 2.24) is 5.32 Å². The Bertz CT molecular complexity index is 472. The third-order valence-corrected chi connectivity index (χ3v) is 3.58. The van der Waals surface area contributed by atoms with Crippen molar-refractivity contribution < 1.29 is 4.79 Å². The molecule has 0 spiro atoms. The van der Waals surface area contributed by atoms with Crippen LogP contribution in [0.25, 0.3) is 0 Å². The van der Waals surface area contributed by atoms with Crippen LogP contribution >= 0.6 is 0 Å². The van der Waals surface area contributed by atoms with Gasteiger partial charge >= 0.3 is 0 Å². The van der Waals surface area contributed by atoms with E-state index in [1.165, 1.54) is 5.56 Å². The number of amides is 1. The minimum absolute atomic E-state index is 0.180. The largest absolute Gasteiger partial charge is 0.371 e. The van der Waals surface area contributed by atoms with E-state index in [1.54, 1.807) is 0 Å². The molecular weight excluding hydrogens is 214 g/mol. The van der Waals surface area contributed by atoms with Crippen LogP contribution in [-0.2, 0) is 4.79 Å². The molecule has 1 amide bonds. The van der Waals surface area contributed by atoms with Crippen molar-refractivity contribution in [3.63, 3.8) is 0 Å². The summed E-state index contributed by atoms with van der Waals surface area (Å²) >= 11 is 0. The molecule has 4 heteroatoms. The van der Waals surface area contributed by atoms with Crippen LogP contribution in [0.15, 0.2) is 18.2 Å². The van der Waals surface area contributed by atoms with E-state index in [0.29, 0.717) is 6.54 Å². The van der Waals surface area contributed by atoms with Gasteiger partial charge in [0, 0.05) is 20.1 Å². The number of piperazine rings is 1. The van der Waals surface area contributed by atoms with Gasteiger partial charge < -0.3 is 15.1 Å². The second kappa shape index (κ2) is 3.74. The Morgan fingerprint density at radius 3 is 3.00 bits per heavy atom. The Morgan fingerprint density at radius 1 is 1.35 bits per heavy atom. The quantitative estimate of drug-likeness (QED) is 0.715. The molecule has 1 fully saturated rings. The molecule has 2 aliphatic heterocycles. The molecule has 1 aromatic carbocycles. The third kappa shape index (κ3) is 1.60. The molecule has 0 aliphatic carbocycles. The highest BCUT2D eigenvalue weighted by Crippen LogP contribution is 2.36. The zero-order chi connectivity index (χ0) is 12.0. The predicted octanol–water partition coefficient (Wildman–Crippen LogP) is 0.750. The molecule has 1 saturated heterocycles. The summed E-state index contributed by atoms with van der Waals surface area (Å²) in [5, 5.41) is 3.18. The topological polar surface area (TPSA) is 35.6 Å². The SMILES string of the molecule is Cc1ccc2c(c1)N(C)CC1CNCC(=O)N21. The third-order valence-electron chi connectivity index (χ3n) is 3.58. The summed E-state index contributed by atoms with van der Waals surface area (Å²) in [6.45, 7) is 4.31. The summed E-state index contributed by atoms with van der Waals surface area (Å²) < 4.78 is 0. The number of rotatable bonds is 0. The smallest absolute Gasteiger partial charge is 0.241 e. The van der Waals surface area contributed by atoms with Crippen molar-refractivity contribution in [2.24, 2.45) is 0 Å². The number of fused-ring (bicyclic) bond motifs is 3. The van der Waals surface area contributed by atoms with Crippen molar-refractivity contribution in [3.8, 4) is 0 Å². The second-order valence-corrected chi connectivity index (χ2v) is 4.92. The zero-order valence-electron chi connectivity index (χ0n) is 10.2. The predicted molar refractivity (Wildman–Crippen MR) is 68.6 cm³/mol. The maximum absolute atomic E-state index is 12.0. The number of anilines is 2. The summed E-state index contributed by atoms with van der Waals surface area (Å²) in [6, 6.07) is 6.55. The van der Waals surface area contributed by atoms with Crippen LogP contribution in [0.3, 0.4) is 0 Å². The van der Waals surface area contributed by atoms with E-state index in [-0.39, 0.29) is 11.9 Å². The Labute approximate surface area is 101 Å². The Kier molecular flexibility index (Phi) is 2.33. The molecule has 0 bridgehead atoms. The van der Waals surface area contributed by atoms with Gasteiger partial charge in [0.1, 0.15) is 0 Å². The molecule has 0 radical (unpaired) electrons. The summed E-state index contributed by atoms with van der Waals surface area (Å²) in [7, 11) is 2.09. The number of hydrogen-bond donors (Lipinski definition) is 1. The van der Waals surface area contributed by atoms with E-state index in [9.17, 15) is 4.79 Å². The van der Waals surface area contributed by atoms with Gasteiger partial charge in [0.25, 0.3) is 0 Å². The monoisotopic (exact) mass is 231 g/mol. The van der Waals surface area contributed by atoms with Crippen molar-refractivity contribution in [2.45, 2.75) is 13.0 Å². The van der Waals surface area contributed by atoms with Crippen molar-refractivity contribution in [3.05, 3.63) is 23.8 Å². The normalized spacial score (nSPS) is 23.4. The van der Waals surface area contributed by atoms with Crippen molar-refractivity contribution in [1.29, 1.82) is 0 Å². The van der Waals surface area contributed by atoms with Gasteiger partial charge in [-0.1, -0.05) is 6.07 Å². The molecule has 1 N–H and O–H groups in total. The Morgan fingerprint density at radius 2 is 2.18 bits per heavy atom. The molecule has 3 rings (SSSR count). The highest BCUT2D eigenvalue weighted by atomic mass is 16.2. The molecule has 2 heterocycles. The van der Waals surface area contributed by atoms with E-state index in [1.807, 2.05) is 4.90 Å². The molecule has 4 nitrogen and oxygen atoms in total. The molecular formula is C13H17N3O. The first-order valence-corrected chi connectivity index (χ1v) is 6.01. The van der Waals surface area contributed by atoms with E-state index in [4.69, 9.17) is 0 Å². The summed E-state index contributed by atoms with van der Waals surface area (Å²) in [5.41, 5.74) is 3.45. The number of likely N-dealkylation sites (N-methyl/N-ethyl adjacent to an activating group) is 1. The highest BCUT2D eigenvalue weighted by Gasteiger charge is 2.35. The fraction of sp³-hybridized carbons (Fsp3) is 0.462. The van der Waals surface area contributed by atoms with Gasteiger partial charge in [-0.3, -0.25) is 4.79 Å². The number of hydrogen-bond acceptors (Lipinski definition) is 3. The van der Waals surface area contributed by atoms with Crippen LogP contribution in [0.2, 0.25) is 0 Å². The van der Waals surface area contributed by atoms with Gasteiger partial charge in [-0.05, 0) is 24.6 Å². The summed E-state index contributed by atoms with van der Waals surface area (Å²) in [4.78, 5) is 16.2. The van der Waals surface area contributed by atoms with Gasteiger partial charge in [0.05, 0.1) is 24.0 Å². The Balaban J connectivity index is 2.10. The minimum Gasteiger partial charge on any atom is -0.371 e. The van der Waals surface area contributed by atoms with Gasteiger partial charge in [-0.25, -0.2) is 0 Å². The summed E-state index contributed by atoms with van der Waals surface area (Å²) in [5.74, 6) is 0.180. The van der Waals surface area contributed by atoms with E-state index >= 15 is 0 Å². The number of nitrogens with zero attached hydrogens (tertiary/aromatic N) is 2. The number of aryl methyl sites for hydroxylation is 1. The fourth-order valence-corrected chi connectivity index (χ4v) is 2.76.